The van der Waals surface area contributed by atoms with Crippen LogP contribution in [-0.4, -0.2) is 18.0 Å². The second kappa shape index (κ2) is 5.01. The molecule has 0 aromatic heterocycles. The first kappa shape index (κ1) is 12.9. The van der Waals surface area contributed by atoms with Gasteiger partial charge in [-0.25, -0.2) is 0 Å². The first-order chi connectivity index (χ1) is 8.52. The number of benzene rings is 1. The number of hydrogen-bond donors (Lipinski definition) is 0. The van der Waals surface area contributed by atoms with Gasteiger partial charge in [-0.05, 0) is 32.4 Å². The van der Waals surface area contributed by atoms with Crippen LogP contribution in [0.2, 0.25) is 0 Å². The van der Waals surface area contributed by atoms with Gasteiger partial charge in [-0.15, -0.1) is 0 Å². The molecule has 3 heteroatoms. The molecule has 0 fully saturated rings. The van der Waals surface area contributed by atoms with Gasteiger partial charge >= 0.3 is 0 Å². The second-order valence-corrected chi connectivity index (χ2v) is 5.32. The summed E-state index contributed by atoms with van der Waals surface area (Å²) in [5.74, 6) is 1.55. The first-order valence-electron chi connectivity index (χ1n) is 6.51. The molecule has 0 atom stereocenters. The molecule has 3 nitrogen and oxygen atoms in total. The number of carbonyl (C=O) groups excluding carboxylic acids is 1. The van der Waals surface area contributed by atoms with E-state index in [0.717, 1.165) is 18.6 Å². The summed E-state index contributed by atoms with van der Waals surface area (Å²) in [4.78, 5) is 12.0. The van der Waals surface area contributed by atoms with Gasteiger partial charge in [-0.3, -0.25) is 4.79 Å². The summed E-state index contributed by atoms with van der Waals surface area (Å²) in [6.07, 6.45) is 2.56. The van der Waals surface area contributed by atoms with Crippen LogP contribution in [0.3, 0.4) is 0 Å². The zero-order valence-corrected chi connectivity index (χ0v) is 11.3. The zero-order valence-electron chi connectivity index (χ0n) is 11.3. The third-order valence-corrected chi connectivity index (χ3v) is 2.99. The SMILES string of the molecule is CCCCOc1ccc2c(c1)OC(C)(C)CC2=O. The van der Waals surface area contributed by atoms with Gasteiger partial charge in [0.05, 0.1) is 18.6 Å². The van der Waals surface area contributed by atoms with Crippen molar-refractivity contribution in [1.29, 1.82) is 0 Å². The van der Waals surface area contributed by atoms with E-state index in [1.807, 2.05) is 26.0 Å². The van der Waals surface area contributed by atoms with Gasteiger partial charge in [0, 0.05) is 6.07 Å². The normalized spacial score (nSPS) is 16.9. The third kappa shape index (κ3) is 2.84. The van der Waals surface area contributed by atoms with Gasteiger partial charge < -0.3 is 9.47 Å². The molecule has 98 valence electrons. The fraction of sp³-hybridized carbons (Fsp3) is 0.533. The lowest BCUT2D eigenvalue weighted by Gasteiger charge is -2.31. The highest BCUT2D eigenvalue weighted by Crippen LogP contribution is 2.35. The van der Waals surface area contributed by atoms with Gasteiger partial charge in [-0.1, -0.05) is 13.3 Å². The number of carbonyl (C=O) groups is 1. The molecule has 0 N–H and O–H groups in total. The van der Waals surface area contributed by atoms with E-state index in [-0.39, 0.29) is 5.78 Å². The van der Waals surface area contributed by atoms with Crippen molar-refractivity contribution >= 4 is 5.78 Å². The molecular formula is C15H20O3. The van der Waals surface area contributed by atoms with Crippen molar-refractivity contribution in [3.8, 4) is 11.5 Å². The average molecular weight is 248 g/mol. The quantitative estimate of drug-likeness (QED) is 0.763. The van der Waals surface area contributed by atoms with E-state index < -0.39 is 5.60 Å². The van der Waals surface area contributed by atoms with E-state index in [1.165, 1.54) is 0 Å². The monoisotopic (exact) mass is 248 g/mol. The van der Waals surface area contributed by atoms with Crippen molar-refractivity contribution in [2.24, 2.45) is 0 Å². The summed E-state index contributed by atoms with van der Waals surface area (Å²) >= 11 is 0. The molecule has 1 aromatic carbocycles. The minimum absolute atomic E-state index is 0.140. The summed E-state index contributed by atoms with van der Waals surface area (Å²) in [6, 6.07) is 5.46. The number of Topliss-reactive ketones (excluding diaryl/α,β-unsaturated/α-hetero) is 1. The molecule has 0 aliphatic carbocycles. The van der Waals surface area contributed by atoms with Crippen LogP contribution in [0.1, 0.15) is 50.4 Å². The van der Waals surface area contributed by atoms with Crippen LogP contribution in [0.25, 0.3) is 0 Å². The van der Waals surface area contributed by atoms with Crippen LogP contribution < -0.4 is 9.47 Å². The number of hydrogen-bond acceptors (Lipinski definition) is 3. The Kier molecular flexibility index (Phi) is 3.60. The third-order valence-electron chi connectivity index (χ3n) is 2.99. The smallest absolute Gasteiger partial charge is 0.170 e. The summed E-state index contributed by atoms with van der Waals surface area (Å²) in [7, 11) is 0. The van der Waals surface area contributed by atoms with Crippen LogP contribution in [0.15, 0.2) is 18.2 Å². The molecule has 0 bridgehead atoms. The lowest BCUT2D eigenvalue weighted by Crippen LogP contribution is -2.35. The topological polar surface area (TPSA) is 35.5 Å². The number of rotatable bonds is 4. The maximum Gasteiger partial charge on any atom is 0.170 e. The maximum atomic E-state index is 12.0. The van der Waals surface area contributed by atoms with Gasteiger partial charge in [0.1, 0.15) is 17.1 Å². The number of ketones is 1. The van der Waals surface area contributed by atoms with Gasteiger partial charge in [0.15, 0.2) is 5.78 Å². The van der Waals surface area contributed by atoms with Crippen molar-refractivity contribution < 1.29 is 14.3 Å². The Morgan fingerprint density at radius 2 is 2.17 bits per heavy atom. The molecular weight excluding hydrogens is 228 g/mol. The molecule has 18 heavy (non-hydrogen) atoms. The summed E-state index contributed by atoms with van der Waals surface area (Å²) in [6.45, 7) is 6.68. The Hall–Kier alpha value is -1.51. The summed E-state index contributed by atoms with van der Waals surface area (Å²) < 4.78 is 11.5. The lowest BCUT2D eigenvalue weighted by atomic mass is 9.93. The highest BCUT2D eigenvalue weighted by atomic mass is 16.5. The van der Waals surface area contributed by atoms with Crippen molar-refractivity contribution in [3.05, 3.63) is 23.8 Å². The Morgan fingerprint density at radius 1 is 1.39 bits per heavy atom. The molecule has 0 radical (unpaired) electrons. The standard InChI is InChI=1S/C15H20O3/c1-4-5-8-17-11-6-7-12-13(16)10-15(2,3)18-14(12)9-11/h6-7,9H,4-5,8,10H2,1-3H3. The number of fused-ring (bicyclic) bond motifs is 1. The van der Waals surface area contributed by atoms with Crippen LogP contribution in [-0.2, 0) is 0 Å². The second-order valence-electron chi connectivity index (χ2n) is 5.32. The van der Waals surface area contributed by atoms with E-state index >= 15 is 0 Å². The molecule has 1 heterocycles. The van der Waals surface area contributed by atoms with Gasteiger partial charge in [0.25, 0.3) is 0 Å². The Balaban J connectivity index is 2.18. The minimum atomic E-state index is -0.424. The highest BCUT2D eigenvalue weighted by Gasteiger charge is 2.32. The van der Waals surface area contributed by atoms with Crippen molar-refractivity contribution in [3.63, 3.8) is 0 Å². The predicted octanol–water partition coefficient (Wildman–Crippen LogP) is 3.61. The zero-order chi connectivity index (χ0) is 13.2. The molecule has 2 rings (SSSR count). The molecule has 0 saturated carbocycles. The van der Waals surface area contributed by atoms with Crippen LogP contribution >= 0.6 is 0 Å². The fourth-order valence-electron chi connectivity index (χ4n) is 2.06. The molecule has 0 saturated heterocycles. The first-order valence-corrected chi connectivity index (χ1v) is 6.51. The highest BCUT2D eigenvalue weighted by molar-refractivity contribution is 6.00. The molecule has 0 amide bonds. The van der Waals surface area contributed by atoms with Crippen molar-refractivity contribution in [2.75, 3.05) is 6.61 Å². The number of unbranched alkanes of at least 4 members (excludes halogenated alkanes) is 1. The molecule has 1 aliphatic heterocycles. The molecule has 1 aliphatic rings. The van der Waals surface area contributed by atoms with Crippen LogP contribution in [0, 0.1) is 0 Å². The summed E-state index contributed by atoms with van der Waals surface area (Å²) in [5, 5.41) is 0. The van der Waals surface area contributed by atoms with E-state index in [1.54, 1.807) is 6.07 Å². The molecule has 0 unspecified atom stereocenters. The maximum absolute atomic E-state index is 12.0. The minimum Gasteiger partial charge on any atom is -0.493 e. The molecule has 1 aromatic rings. The molecule has 0 spiro atoms. The van der Waals surface area contributed by atoms with Crippen LogP contribution in [0.5, 0.6) is 11.5 Å². The van der Waals surface area contributed by atoms with Gasteiger partial charge in [0.2, 0.25) is 0 Å². The largest absolute Gasteiger partial charge is 0.493 e. The Labute approximate surface area is 108 Å². The van der Waals surface area contributed by atoms with Crippen molar-refractivity contribution in [1.82, 2.24) is 0 Å². The van der Waals surface area contributed by atoms with E-state index in [2.05, 4.69) is 6.92 Å². The predicted molar refractivity (Wildman–Crippen MR) is 70.5 cm³/mol. The van der Waals surface area contributed by atoms with E-state index in [0.29, 0.717) is 24.3 Å². The van der Waals surface area contributed by atoms with E-state index in [4.69, 9.17) is 9.47 Å². The van der Waals surface area contributed by atoms with Crippen LogP contribution in [0.4, 0.5) is 0 Å². The fourth-order valence-corrected chi connectivity index (χ4v) is 2.06. The van der Waals surface area contributed by atoms with Gasteiger partial charge in [-0.2, -0.15) is 0 Å². The summed E-state index contributed by atoms with van der Waals surface area (Å²) in [5.41, 5.74) is 0.240. The lowest BCUT2D eigenvalue weighted by molar-refractivity contribution is 0.0618. The van der Waals surface area contributed by atoms with E-state index in [9.17, 15) is 4.79 Å². The Morgan fingerprint density at radius 3 is 2.89 bits per heavy atom. The van der Waals surface area contributed by atoms with Crippen molar-refractivity contribution in [2.45, 2.75) is 45.6 Å². The number of ether oxygens (including phenoxy) is 2. The Bertz CT molecular complexity index is 449. The average Bonchev–Trinajstić information content (AvgIpc) is 2.27.